The molecule has 1 N–H and O–H groups in total. The molecule has 7 nitrogen and oxygen atoms in total. The molecule has 2 amide bonds. The van der Waals surface area contributed by atoms with Crippen LogP contribution in [0.5, 0.6) is 0 Å². The molecule has 0 aliphatic rings. The Kier molecular flexibility index (Phi) is 9.46. The number of hydrogen-bond acceptors (Lipinski definition) is 4. The Balaban J connectivity index is 2.34. The highest BCUT2D eigenvalue weighted by atomic mass is 32.2. The quantitative estimate of drug-likeness (QED) is 0.542. The third-order valence-corrected chi connectivity index (χ3v) is 6.82. The molecule has 0 aromatic heterocycles. The molecule has 2 rings (SSSR count). The van der Waals surface area contributed by atoms with Crippen LogP contribution in [0.2, 0.25) is 0 Å². The minimum Gasteiger partial charge on any atom is -0.352 e. The van der Waals surface area contributed by atoms with Gasteiger partial charge in [0.05, 0.1) is 11.9 Å². The predicted molar refractivity (Wildman–Crippen MR) is 132 cm³/mol. The van der Waals surface area contributed by atoms with Gasteiger partial charge in [0.1, 0.15) is 12.6 Å². The van der Waals surface area contributed by atoms with Crippen molar-refractivity contribution in [2.45, 2.75) is 59.2 Å². The second-order valence-corrected chi connectivity index (χ2v) is 10.2. The van der Waals surface area contributed by atoms with Gasteiger partial charge in [0.25, 0.3) is 0 Å². The van der Waals surface area contributed by atoms with Gasteiger partial charge in [-0.2, -0.15) is 0 Å². The maximum Gasteiger partial charge on any atom is 0.244 e. The number of benzene rings is 2. The zero-order valence-electron chi connectivity index (χ0n) is 20.1. The molecule has 2 aromatic rings. The number of carbonyl (C=O) groups is 2. The zero-order chi connectivity index (χ0) is 24.6. The first kappa shape index (κ1) is 26.4. The molecular weight excluding hydrogens is 438 g/mol. The van der Waals surface area contributed by atoms with Crippen molar-refractivity contribution in [2.24, 2.45) is 0 Å². The zero-order valence-corrected chi connectivity index (χ0v) is 20.9. The van der Waals surface area contributed by atoms with Crippen molar-refractivity contribution < 1.29 is 18.0 Å². The van der Waals surface area contributed by atoms with Crippen molar-refractivity contribution in [1.82, 2.24) is 10.2 Å². The van der Waals surface area contributed by atoms with Gasteiger partial charge < -0.3 is 10.2 Å². The maximum absolute atomic E-state index is 13.4. The van der Waals surface area contributed by atoms with Gasteiger partial charge in [0.15, 0.2) is 0 Å². The van der Waals surface area contributed by atoms with E-state index in [-0.39, 0.29) is 18.5 Å². The van der Waals surface area contributed by atoms with E-state index in [1.54, 1.807) is 19.1 Å². The third kappa shape index (κ3) is 7.60. The van der Waals surface area contributed by atoms with E-state index in [2.05, 4.69) is 5.32 Å². The molecule has 0 radical (unpaired) electrons. The van der Waals surface area contributed by atoms with Crippen molar-refractivity contribution in [3.05, 3.63) is 65.7 Å². The molecule has 2 unspecified atom stereocenters. The average Bonchev–Trinajstić information content (AvgIpc) is 2.80. The number of anilines is 1. The van der Waals surface area contributed by atoms with Gasteiger partial charge in [-0.3, -0.25) is 13.9 Å². The summed E-state index contributed by atoms with van der Waals surface area (Å²) in [5.74, 6) is -0.720. The largest absolute Gasteiger partial charge is 0.352 e. The van der Waals surface area contributed by atoms with Crippen molar-refractivity contribution in [3.8, 4) is 0 Å². The lowest BCUT2D eigenvalue weighted by atomic mass is 10.1. The number of amides is 2. The van der Waals surface area contributed by atoms with Gasteiger partial charge in [-0.1, -0.05) is 56.3 Å². The van der Waals surface area contributed by atoms with Crippen LogP contribution in [-0.2, 0) is 32.6 Å². The summed E-state index contributed by atoms with van der Waals surface area (Å²) < 4.78 is 26.2. The van der Waals surface area contributed by atoms with E-state index in [9.17, 15) is 18.0 Å². The van der Waals surface area contributed by atoms with Crippen LogP contribution in [0.3, 0.4) is 0 Å². The van der Waals surface area contributed by atoms with E-state index < -0.39 is 28.5 Å². The molecule has 0 aliphatic heterocycles. The van der Waals surface area contributed by atoms with E-state index in [1.807, 2.05) is 63.2 Å². The molecule has 0 bridgehead atoms. The Morgan fingerprint density at radius 2 is 1.55 bits per heavy atom. The lowest BCUT2D eigenvalue weighted by Gasteiger charge is -2.32. The molecule has 180 valence electrons. The molecule has 33 heavy (non-hydrogen) atoms. The summed E-state index contributed by atoms with van der Waals surface area (Å²) in [7, 11) is -3.72. The molecule has 0 saturated carbocycles. The first-order valence-electron chi connectivity index (χ1n) is 11.3. The number of aryl methyl sites for hydroxylation is 1. The normalized spacial score (nSPS) is 13.1. The molecule has 2 atom stereocenters. The number of nitrogens with one attached hydrogen (secondary N) is 1. The Bertz CT molecular complexity index is 1020. The monoisotopic (exact) mass is 473 g/mol. The van der Waals surface area contributed by atoms with Gasteiger partial charge in [-0.05, 0) is 49.9 Å². The van der Waals surface area contributed by atoms with Gasteiger partial charge in [0, 0.05) is 12.6 Å². The first-order valence-corrected chi connectivity index (χ1v) is 13.1. The van der Waals surface area contributed by atoms with Gasteiger partial charge >= 0.3 is 0 Å². The summed E-state index contributed by atoms with van der Waals surface area (Å²) in [5.41, 5.74) is 2.34. The molecule has 0 spiro atoms. The second kappa shape index (κ2) is 11.8. The maximum atomic E-state index is 13.4. The van der Waals surface area contributed by atoms with Crippen LogP contribution in [0.1, 0.15) is 45.2 Å². The van der Waals surface area contributed by atoms with Crippen LogP contribution < -0.4 is 9.62 Å². The number of sulfonamides is 1. The number of hydrogen-bond donors (Lipinski definition) is 1. The highest BCUT2D eigenvalue weighted by Crippen LogP contribution is 2.20. The third-order valence-electron chi connectivity index (χ3n) is 5.68. The predicted octanol–water partition coefficient (Wildman–Crippen LogP) is 3.35. The van der Waals surface area contributed by atoms with Crippen LogP contribution in [0.25, 0.3) is 0 Å². The Labute approximate surface area is 197 Å². The lowest BCUT2D eigenvalue weighted by molar-refractivity contribution is -0.139. The Hall–Kier alpha value is -2.87. The van der Waals surface area contributed by atoms with Crippen LogP contribution in [0.15, 0.2) is 54.6 Å². The fraction of sp³-hybridized carbons (Fsp3) is 0.440. The highest BCUT2D eigenvalue weighted by Gasteiger charge is 2.30. The number of rotatable bonds is 11. The van der Waals surface area contributed by atoms with Crippen LogP contribution >= 0.6 is 0 Å². The summed E-state index contributed by atoms with van der Waals surface area (Å²) in [5, 5.41) is 2.91. The second-order valence-electron chi connectivity index (χ2n) is 8.29. The highest BCUT2D eigenvalue weighted by molar-refractivity contribution is 7.92. The number of nitrogens with zero attached hydrogens (tertiary/aromatic N) is 2. The van der Waals surface area contributed by atoms with Crippen molar-refractivity contribution in [2.75, 3.05) is 17.1 Å². The van der Waals surface area contributed by atoms with Gasteiger partial charge in [0.2, 0.25) is 21.8 Å². The summed E-state index contributed by atoms with van der Waals surface area (Å²) in [6.07, 6.45) is 2.67. The standard InChI is InChI=1S/C25H35N3O4S/c1-6-19(3)26-25(30)20(4)27(17-22-11-9-8-10-12-22)24(29)18-28(33(5,31)32)23-15-13-21(7-2)14-16-23/h8-16,19-20H,6-7,17-18H2,1-5H3,(H,26,30). The Morgan fingerprint density at radius 1 is 0.939 bits per heavy atom. The van der Waals surface area contributed by atoms with E-state index in [0.29, 0.717) is 5.69 Å². The van der Waals surface area contributed by atoms with E-state index >= 15 is 0 Å². The molecule has 0 fully saturated rings. The molecule has 2 aromatic carbocycles. The lowest BCUT2D eigenvalue weighted by Crippen LogP contribution is -2.52. The Morgan fingerprint density at radius 3 is 2.06 bits per heavy atom. The van der Waals surface area contributed by atoms with Crippen LogP contribution in [0, 0.1) is 0 Å². The van der Waals surface area contributed by atoms with Crippen molar-refractivity contribution in [3.63, 3.8) is 0 Å². The first-order chi connectivity index (χ1) is 15.6. The molecule has 0 aliphatic carbocycles. The summed E-state index contributed by atoms with van der Waals surface area (Å²) in [6, 6.07) is 15.6. The topological polar surface area (TPSA) is 86.8 Å². The summed E-state index contributed by atoms with van der Waals surface area (Å²) >= 11 is 0. The fourth-order valence-electron chi connectivity index (χ4n) is 3.34. The molecule has 0 saturated heterocycles. The van der Waals surface area contributed by atoms with Crippen molar-refractivity contribution >= 4 is 27.5 Å². The molecular formula is C25H35N3O4S. The van der Waals surface area contributed by atoms with Gasteiger partial charge in [-0.25, -0.2) is 8.42 Å². The van der Waals surface area contributed by atoms with E-state index in [0.717, 1.165) is 34.5 Å². The molecule has 0 heterocycles. The summed E-state index contributed by atoms with van der Waals surface area (Å²) in [6.45, 7) is 7.36. The smallest absolute Gasteiger partial charge is 0.244 e. The fourth-order valence-corrected chi connectivity index (χ4v) is 4.19. The van der Waals surface area contributed by atoms with E-state index in [4.69, 9.17) is 0 Å². The number of carbonyl (C=O) groups excluding carboxylic acids is 2. The average molecular weight is 474 g/mol. The van der Waals surface area contributed by atoms with Crippen LogP contribution in [-0.4, -0.2) is 50.0 Å². The molecule has 8 heteroatoms. The SMILES string of the molecule is CCc1ccc(N(CC(=O)N(Cc2ccccc2)C(C)C(=O)NC(C)CC)S(C)(=O)=O)cc1. The minimum absolute atomic E-state index is 0.0294. The van der Waals surface area contributed by atoms with E-state index in [1.165, 1.54) is 4.90 Å². The minimum atomic E-state index is -3.72. The van der Waals surface area contributed by atoms with Crippen LogP contribution in [0.4, 0.5) is 5.69 Å². The van der Waals surface area contributed by atoms with Gasteiger partial charge in [-0.15, -0.1) is 0 Å². The van der Waals surface area contributed by atoms with Crippen molar-refractivity contribution in [1.29, 1.82) is 0 Å². The summed E-state index contributed by atoms with van der Waals surface area (Å²) in [4.78, 5) is 27.7.